The molecule has 0 spiro atoms. The molecule has 0 saturated carbocycles. The number of piperazine rings is 1. The summed E-state index contributed by atoms with van der Waals surface area (Å²) in [6.07, 6.45) is 0.678. The van der Waals surface area contributed by atoms with Crippen molar-refractivity contribution in [1.29, 1.82) is 0 Å². The minimum absolute atomic E-state index is 0.000377. The van der Waals surface area contributed by atoms with Gasteiger partial charge >= 0.3 is 0 Å². The monoisotopic (exact) mass is 1360 g/mol. The van der Waals surface area contributed by atoms with Gasteiger partial charge in [-0.05, 0) is 146 Å². The lowest BCUT2D eigenvalue weighted by atomic mass is 10.1. The second-order valence-corrected chi connectivity index (χ2v) is 26.2. The first kappa shape index (κ1) is 67.2. The summed E-state index contributed by atoms with van der Waals surface area (Å²) in [6.45, 7) is 17.4. The molecule has 3 aliphatic heterocycles. The van der Waals surface area contributed by atoms with Gasteiger partial charge in [0.25, 0.3) is 5.95 Å². The van der Waals surface area contributed by atoms with Crippen molar-refractivity contribution >= 4 is 35.0 Å². The summed E-state index contributed by atoms with van der Waals surface area (Å²) >= 11 is 1.67. The summed E-state index contributed by atoms with van der Waals surface area (Å²) in [5.41, 5.74) is 14.5. The Bertz CT molecular complexity index is 4850. The quantitative estimate of drug-likeness (QED) is 0.0932. The third-order valence-electron chi connectivity index (χ3n) is 18.0. The van der Waals surface area contributed by atoms with Gasteiger partial charge in [-0.15, -0.1) is 11.3 Å². The van der Waals surface area contributed by atoms with E-state index in [-0.39, 0.29) is 43.2 Å². The molecule has 0 N–H and O–H groups in total. The zero-order chi connectivity index (χ0) is 69.6. The Balaban J connectivity index is 0.000000135. The van der Waals surface area contributed by atoms with Gasteiger partial charge in [-0.1, -0.05) is 91.0 Å². The van der Waals surface area contributed by atoms with Crippen molar-refractivity contribution in [2.45, 2.75) is 87.2 Å². The van der Waals surface area contributed by atoms with E-state index in [1.807, 2.05) is 189 Å². The number of aromatic nitrogens is 12. The first-order valence-corrected chi connectivity index (χ1v) is 34.0. The van der Waals surface area contributed by atoms with Gasteiger partial charge in [0.05, 0.1) is 78.7 Å². The van der Waals surface area contributed by atoms with Gasteiger partial charge in [-0.3, -0.25) is 28.4 Å². The van der Waals surface area contributed by atoms with E-state index in [2.05, 4.69) is 43.4 Å². The molecule has 0 radical (unpaired) electrons. The minimum atomic E-state index is -0.248. The highest BCUT2D eigenvalue weighted by atomic mass is 32.1. The number of ether oxygens (including phenoxy) is 2. The normalized spacial score (nSPS) is 13.4. The van der Waals surface area contributed by atoms with Crippen LogP contribution in [0.1, 0.15) is 49.8 Å². The molecule has 510 valence electrons. The third kappa shape index (κ3) is 15.2. The highest BCUT2D eigenvalue weighted by Crippen LogP contribution is 2.34. The minimum Gasteiger partial charge on any atom is -0.496 e. The highest BCUT2D eigenvalue weighted by Gasteiger charge is 2.30. The number of benzene rings is 6. The third-order valence-corrected chi connectivity index (χ3v) is 19.0. The van der Waals surface area contributed by atoms with Crippen LogP contribution in [0.4, 0.5) is 10.3 Å². The Hall–Kier alpha value is -11.4. The second kappa shape index (κ2) is 29.8. The molecular weight excluding hydrogens is 1280 g/mol. The highest BCUT2D eigenvalue weighted by molar-refractivity contribution is 7.11. The standard InChI is InChI=1S/C26H28N6O3.C25H25FN6O.C25H24N4O2S/c1-18-15-21(9-10-24(18)34-3)22-16-23(20-7-5-4-6-8-20)32(28-22)17-25(33)30-11-13-31(14-12-30)26-27-19(2)35-29-26;1-17-14-20(8-9-21(17)26)22-15-23(19-6-4-3-5-7-19)32(29-22)16-25(33)30-11-10-24-27-18(2)28-31(24)13-12-30;1-16-11-19(9-10-23(16)31-3)20-12-22(18-7-5-4-6-8-18)29(27-20)15-25(30)28-13-21-24(14-28)32-17(2)26-21/h4-10,15-16H,11-14,17H2,1-3H3;3-9,14-15H,10-13,16H2,1-2H3;4-12H,13-15H2,1-3H3. The molecule has 24 heteroatoms. The van der Waals surface area contributed by atoms with Crippen LogP contribution in [0.3, 0.4) is 0 Å². The van der Waals surface area contributed by atoms with E-state index >= 15 is 0 Å². The van der Waals surface area contributed by atoms with Gasteiger partial charge in [-0.2, -0.15) is 25.4 Å². The maximum absolute atomic E-state index is 13.8. The van der Waals surface area contributed by atoms with Crippen LogP contribution >= 0.6 is 11.3 Å². The van der Waals surface area contributed by atoms with E-state index < -0.39 is 0 Å². The first-order chi connectivity index (χ1) is 48.5. The molecule has 0 unspecified atom stereocenters. The molecule has 3 amide bonds. The van der Waals surface area contributed by atoms with E-state index in [9.17, 15) is 18.8 Å². The predicted octanol–water partition coefficient (Wildman–Crippen LogP) is 12.1. The van der Waals surface area contributed by atoms with Gasteiger partial charge in [0.1, 0.15) is 48.6 Å². The largest absolute Gasteiger partial charge is 0.496 e. The summed E-state index contributed by atoms with van der Waals surface area (Å²) in [6, 6.07) is 53.0. The van der Waals surface area contributed by atoms with Crippen LogP contribution in [0.2, 0.25) is 0 Å². The van der Waals surface area contributed by atoms with E-state index in [4.69, 9.17) is 29.3 Å². The van der Waals surface area contributed by atoms with E-state index in [1.165, 1.54) is 10.9 Å². The van der Waals surface area contributed by atoms with Crippen molar-refractivity contribution in [1.82, 2.24) is 73.9 Å². The maximum Gasteiger partial charge on any atom is 0.266 e. The number of halogens is 1. The first-order valence-electron chi connectivity index (χ1n) is 33.2. The fourth-order valence-corrected chi connectivity index (χ4v) is 13.7. The van der Waals surface area contributed by atoms with Gasteiger partial charge in [0.2, 0.25) is 23.6 Å². The molecule has 22 nitrogen and oxygen atoms in total. The molecule has 12 aromatic rings. The Labute approximate surface area is 582 Å². The van der Waals surface area contributed by atoms with E-state index in [0.29, 0.717) is 88.4 Å². The number of anilines is 1. The Morgan fingerprint density at radius 1 is 0.480 bits per heavy atom. The molecule has 1 fully saturated rings. The van der Waals surface area contributed by atoms with Gasteiger partial charge in [0, 0.05) is 74.2 Å². The number of amides is 3. The number of methoxy groups -OCH3 is 2. The number of carbonyl (C=O) groups is 3. The summed E-state index contributed by atoms with van der Waals surface area (Å²) in [5, 5.41) is 23.9. The van der Waals surface area contributed by atoms with Crippen molar-refractivity contribution in [3.63, 3.8) is 0 Å². The maximum atomic E-state index is 13.8. The smallest absolute Gasteiger partial charge is 0.266 e. The Kier molecular flexibility index (Phi) is 20.0. The number of nitrogens with zero attached hydrogens (tertiary/aromatic N) is 16. The summed E-state index contributed by atoms with van der Waals surface area (Å²) in [4.78, 5) is 61.8. The van der Waals surface area contributed by atoms with Crippen LogP contribution < -0.4 is 14.4 Å². The van der Waals surface area contributed by atoms with Crippen LogP contribution in [0.15, 0.2) is 168 Å². The number of fused-ring (bicyclic) bond motifs is 2. The predicted molar refractivity (Wildman–Crippen MR) is 381 cm³/mol. The molecule has 6 aromatic carbocycles. The number of rotatable bonds is 15. The van der Waals surface area contributed by atoms with Crippen LogP contribution in [0, 0.1) is 47.4 Å². The molecule has 0 bridgehead atoms. The fourth-order valence-electron chi connectivity index (χ4n) is 12.7. The number of aryl methyl sites for hydroxylation is 6. The SMILES string of the molecule is COc1ccc(-c2cc(-c3ccccc3)n(CC(=O)N3CCN(c4noc(C)n4)CC3)n2)cc1C.COc1ccc(-c2cc(-c3ccccc3)n(CC(=O)N3Cc4nc(C)sc4C3)n2)cc1C.Cc1nc2n(n1)CCN(C(=O)Cn1nc(-c3ccc(F)c(C)c3)cc1-c1ccccc1)CC2. The molecule has 0 aliphatic carbocycles. The molecule has 3 aliphatic rings. The molecule has 1 saturated heterocycles. The van der Waals surface area contributed by atoms with Crippen molar-refractivity contribution in [3.05, 3.63) is 219 Å². The zero-order valence-corrected chi connectivity index (χ0v) is 58.0. The molecular formula is C76H77FN16O6S. The summed E-state index contributed by atoms with van der Waals surface area (Å²) in [7, 11) is 3.34. The van der Waals surface area contributed by atoms with Gasteiger partial charge in [0.15, 0.2) is 0 Å². The number of hydrogen-bond acceptors (Lipinski definition) is 16. The van der Waals surface area contributed by atoms with Gasteiger partial charge < -0.3 is 33.6 Å². The molecule has 6 aromatic heterocycles. The van der Waals surface area contributed by atoms with Gasteiger partial charge in [-0.25, -0.2) is 19.0 Å². The van der Waals surface area contributed by atoms with E-state index in [0.717, 1.165) is 107 Å². The molecule has 9 heterocycles. The zero-order valence-electron chi connectivity index (χ0n) is 57.2. The molecule has 100 heavy (non-hydrogen) atoms. The lowest BCUT2D eigenvalue weighted by Gasteiger charge is -2.34. The summed E-state index contributed by atoms with van der Waals surface area (Å²) in [5.74, 6) is 4.30. The van der Waals surface area contributed by atoms with Crippen LogP contribution in [0.5, 0.6) is 11.5 Å². The van der Waals surface area contributed by atoms with E-state index in [1.54, 1.807) is 56.2 Å². The Morgan fingerprint density at radius 3 is 1.39 bits per heavy atom. The topological polar surface area (TPSA) is 219 Å². The van der Waals surface area contributed by atoms with Crippen molar-refractivity contribution < 1.29 is 32.8 Å². The number of carbonyl (C=O) groups excluding carboxylic acids is 3. The lowest BCUT2D eigenvalue weighted by molar-refractivity contribution is -0.133. The average molecular weight is 1360 g/mol. The fraction of sp³-hybridized carbons (Fsp3) is 0.276. The lowest BCUT2D eigenvalue weighted by Crippen LogP contribution is -2.50. The van der Waals surface area contributed by atoms with Crippen LogP contribution in [0.25, 0.3) is 67.5 Å². The van der Waals surface area contributed by atoms with Crippen molar-refractivity contribution in [3.8, 4) is 79.0 Å². The Morgan fingerprint density at radius 2 is 0.940 bits per heavy atom. The number of hydrogen-bond donors (Lipinski definition) is 0. The van der Waals surface area contributed by atoms with Crippen LogP contribution in [-0.2, 0) is 60.1 Å². The van der Waals surface area contributed by atoms with Crippen molar-refractivity contribution in [2.24, 2.45) is 0 Å². The van der Waals surface area contributed by atoms with Crippen molar-refractivity contribution in [2.75, 3.05) is 58.4 Å². The molecule has 15 rings (SSSR count). The summed E-state index contributed by atoms with van der Waals surface area (Å²) < 4.78 is 36.9. The van der Waals surface area contributed by atoms with Crippen LogP contribution in [-0.4, -0.2) is 145 Å². The second-order valence-electron chi connectivity index (χ2n) is 24.9. The molecule has 0 atom stereocenters. The average Bonchev–Trinajstić information content (AvgIpc) is 1.66. The number of thiazole rings is 1.